The summed E-state index contributed by atoms with van der Waals surface area (Å²) in [6.45, 7) is 5.13. The Bertz CT molecular complexity index is 260. The van der Waals surface area contributed by atoms with Gasteiger partial charge in [-0.05, 0) is 26.3 Å². The van der Waals surface area contributed by atoms with Gasteiger partial charge in [0.05, 0.1) is 6.10 Å². The third-order valence-electron chi connectivity index (χ3n) is 3.52. The summed E-state index contributed by atoms with van der Waals surface area (Å²) in [6, 6.07) is 0. The molecule has 0 aromatic rings. The molecule has 1 aliphatic heterocycles. The van der Waals surface area contributed by atoms with Crippen molar-refractivity contribution >= 4 is 5.91 Å². The van der Waals surface area contributed by atoms with Crippen molar-refractivity contribution in [3.05, 3.63) is 0 Å². The highest BCUT2D eigenvalue weighted by atomic mass is 16.5. The summed E-state index contributed by atoms with van der Waals surface area (Å²) >= 11 is 0. The third-order valence-corrected chi connectivity index (χ3v) is 3.52. The van der Waals surface area contributed by atoms with Gasteiger partial charge in [0, 0.05) is 25.5 Å². The lowest BCUT2D eigenvalue weighted by molar-refractivity contribution is -0.126. The summed E-state index contributed by atoms with van der Waals surface area (Å²) in [5.41, 5.74) is 4.49. The van der Waals surface area contributed by atoms with E-state index in [9.17, 15) is 9.90 Å². The molecule has 1 fully saturated rings. The Hall–Kier alpha value is -0.650. The molecule has 5 heteroatoms. The van der Waals surface area contributed by atoms with Gasteiger partial charge in [-0.3, -0.25) is 4.79 Å². The van der Waals surface area contributed by atoms with Crippen LogP contribution in [0.5, 0.6) is 0 Å². The van der Waals surface area contributed by atoms with Crippen molar-refractivity contribution in [2.75, 3.05) is 19.7 Å². The second-order valence-corrected chi connectivity index (χ2v) is 4.92. The number of nitrogens with two attached hydrogens (primary N) is 1. The zero-order valence-electron chi connectivity index (χ0n) is 10.7. The van der Waals surface area contributed by atoms with Crippen molar-refractivity contribution in [2.24, 2.45) is 11.7 Å². The Morgan fingerprint density at radius 3 is 2.94 bits per heavy atom. The van der Waals surface area contributed by atoms with Crippen LogP contribution in [-0.2, 0) is 9.53 Å². The van der Waals surface area contributed by atoms with Gasteiger partial charge in [-0.1, -0.05) is 6.92 Å². The first-order valence-corrected chi connectivity index (χ1v) is 6.31. The molecular weight excluding hydrogens is 220 g/mol. The lowest BCUT2D eigenvalue weighted by Crippen LogP contribution is -2.48. The van der Waals surface area contributed by atoms with Crippen LogP contribution >= 0.6 is 0 Å². The molecule has 1 saturated heterocycles. The standard InChI is InChI=1S/C12H24N2O3/c1-9(4-3-6-13)11(15)14-8-12(16)5-7-17-10(12)2/h9-10,16H,3-8,13H2,1-2H3,(H,14,15). The molecule has 5 nitrogen and oxygen atoms in total. The van der Waals surface area contributed by atoms with E-state index in [-0.39, 0.29) is 24.5 Å². The summed E-state index contributed by atoms with van der Waals surface area (Å²) < 4.78 is 5.31. The molecule has 0 aromatic carbocycles. The van der Waals surface area contributed by atoms with Gasteiger partial charge in [-0.2, -0.15) is 0 Å². The Balaban J connectivity index is 2.32. The number of hydrogen-bond acceptors (Lipinski definition) is 4. The van der Waals surface area contributed by atoms with Gasteiger partial charge in [-0.15, -0.1) is 0 Å². The Labute approximate surface area is 103 Å². The van der Waals surface area contributed by atoms with E-state index in [4.69, 9.17) is 10.5 Å². The first-order valence-electron chi connectivity index (χ1n) is 6.31. The molecule has 0 saturated carbocycles. The summed E-state index contributed by atoms with van der Waals surface area (Å²) in [4.78, 5) is 11.8. The van der Waals surface area contributed by atoms with E-state index in [1.165, 1.54) is 0 Å². The fourth-order valence-electron chi connectivity index (χ4n) is 1.97. The molecule has 17 heavy (non-hydrogen) atoms. The van der Waals surface area contributed by atoms with Crippen LogP contribution in [0.15, 0.2) is 0 Å². The maximum atomic E-state index is 11.8. The normalized spacial score (nSPS) is 30.2. The van der Waals surface area contributed by atoms with Crippen LogP contribution in [0.4, 0.5) is 0 Å². The molecule has 0 aliphatic carbocycles. The summed E-state index contributed by atoms with van der Waals surface area (Å²) in [7, 11) is 0. The molecule has 100 valence electrons. The van der Waals surface area contributed by atoms with Crippen LogP contribution in [0.1, 0.15) is 33.1 Å². The number of aliphatic hydroxyl groups is 1. The first kappa shape index (κ1) is 14.4. The lowest BCUT2D eigenvalue weighted by atomic mass is 9.96. The minimum absolute atomic E-state index is 0.0222. The number of carbonyl (C=O) groups excluding carboxylic acids is 1. The molecular formula is C12H24N2O3. The number of amides is 1. The molecule has 3 unspecified atom stereocenters. The van der Waals surface area contributed by atoms with Crippen molar-refractivity contribution < 1.29 is 14.6 Å². The van der Waals surface area contributed by atoms with Crippen LogP contribution < -0.4 is 11.1 Å². The van der Waals surface area contributed by atoms with E-state index in [1.54, 1.807) is 0 Å². The van der Waals surface area contributed by atoms with Gasteiger partial charge in [0.25, 0.3) is 0 Å². The third kappa shape index (κ3) is 3.94. The zero-order chi connectivity index (χ0) is 12.9. The highest BCUT2D eigenvalue weighted by molar-refractivity contribution is 5.78. The average molecular weight is 244 g/mol. The Morgan fingerprint density at radius 1 is 1.71 bits per heavy atom. The van der Waals surface area contributed by atoms with Crippen molar-refractivity contribution in [3.8, 4) is 0 Å². The maximum Gasteiger partial charge on any atom is 0.222 e. The quantitative estimate of drug-likeness (QED) is 0.615. The average Bonchev–Trinajstić information content (AvgIpc) is 2.64. The number of hydrogen-bond donors (Lipinski definition) is 3. The van der Waals surface area contributed by atoms with E-state index in [2.05, 4.69) is 5.32 Å². The lowest BCUT2D eigenvalue weighted by Gasteiger charge is -2.26. The largest absolute Gasteiger partial charge is 0.385 e. The molecule has 3 atom stereocenters. The maximum absolute atomic E-state index is 11.8. The van der Waals surface area contributed by atoms with E-state index < -0.39 is 5.60 Å². The van der Waals surface area contributed by atoms with Gasteiger partial charge >= 0.3 is 0 Å². The van der Waals surface area contributed by atoms with Gasteiger partial charge in [0.15, 0.2) is 0 Å². The first-order chi connectivity index (χ1) is 7.99. The molecule has 4 N–H and O–H groups in total. The number of rotatable bonds is 6. The summed E-state index contributed by atoms with van der Waals surface area (Å²) in [5.74, 6) is -0.0780. The Morgan fingerprint density at radius 2 is 2.41 bits per heavy atom. The van der Waals surface area contributed by atoms with Gasteiger partial charge < -0.3 is 20.9 Å². The fourth-order valence-corrected chi connectivity index (χ4v) is 1.97. The van der Waals surface area contributed by atoms with Crippen LogP contribution in [0.25, 0.3) is 0 Å². The molecule has 1 rings (SSSR count). The summed E-state index contributed by atoms with van der Waals surface area (Å²) in [5, 5.41) is 13.0. The van der Waals surface area contributed by atoms with Crippen molar-refractivity contribution in [1.29, 1.82) is 0 Å². The van der Waals surface area contributed by atoms with Crippen LogP contribution in [0, 0.1) is 5.92 Å². The van der Waals surface area contributed by atoms with Crippen LogP contribution in [-0.4, -0.2) is 42.4 Å². The molecule has 1 aliphatic rings. The highest BCUT2D eigenvalue weighted by Crippen LogP contribution is 2.24. The van der Waals surface area contributed by atoms with Crippen molar-refractivity contribution in [1.82, 2.24) is 5.32 Å². The Kier molecular flexibility index (Phi) is 5.36. The number of nitrogens with one attached hydrogen (secondary N) is 1. The van der Waals surface area contributed by atoms with E-state index >= 15 is 0 Å². The molecule has 0 aromatic heterocycles. The van der Waals surface area contributed by atoms with Crippen LogP contribution in [0.2, 0.25) is 0 Å². The van der Waals surface area contributed by atoms with E-state index in [0.29, 0.717) is 19.6 Å². The van der Waals surface area contributed by atoms with Crippen molar-refractivity contribution in [3.63, 3.8) is 0 Å². The van der Waals surface area contributed by atoms with Gasteiger partial charge in [-0.25, -0.2) is 0 Å². The highest BCUT2D eigenvalue weighted by Gasteiger charge is 2.39. The molecule has 1 amide bonds. The van der Waals surface area contributed by atoms with Crippen LogP contribution in [0.3, 0.4) is 0 Å². The molecule has 0 spiro atoms. The van der Waals surface area contributed by atoms with Gasteiger partial charge in [0.2, 0.25) is 5.91 Å². The minimum Gasteiger partial charge on any atom is -0.385 e. The van der Waals surface area contributed by atoms with E-state index in [0.717, 1.165) is 12.8 Å². The molecule has 0 bridgehead atoms. The summed E-state index contributed by atoms with van der Waals surface area (Å²) in [6.07, 6.45) is 1.98. The topological polar surface area (TPSA) is 84.6 Å². The monoisotopic (exact) mass is 244 g/mol. The molecule has 1 heterocycles. The predicted molar refractivity (Wildman–Crippen MR) is 65.4 cm³/mol. The van der Waals surface area contributed by atoms with Crippen molar-refractivity contribution in [2.45, 2.75) is 44.8 Å². The second kappa shape index (κ2) is 6.33. The van der Waals surface area contributed by atoms with E-state index in [1.807, 2.05) is 13.8 Å². The number of ether oxygens (including phenoxy) is 1. The minimum atomic E-state index is -0.913. The fraction of sp³-hybridized carbons (Fsp3) is 0.917. The second-order valence-electron chi connectivity index (χ2n) is 4.92. The van der Waals surface area contributed by atoms with Gasteiger partial charge in [0.1, 0.15) is 5.60 Å². The molecule has 0 radical (unpaired) electrons. The number of carbonyl (C=O) groups is 1. The SMILES string of the molecule is CC(CCCN)C(=O)NCC1(O)CCOC1C. The smallest absolute Gasteiger partial charge is 0.222 e. The zero-order valence-corrected chi connectivity index (χ0v) is 10.7. The predicted octanol–water partition coefficient (Wildman–Crippen LogP) is 0.0175.